The second kappa shape index (κ2) is 24.2. The van der Waals surface area contributed by atoms with Crippen LogP contribution in [-0.4, -0.2) is 13.1 Å². The minimum Gasteiger partial charge on any atom is -0.509 e. The predicted octanol–water partition coefficient (Wildman–Crippen LogP) is 21.8. The van der Waals surface area contributed by atoms with Crippen LogP contribution in [0.4, 0.5) is 39.9 Å². The number of hydrogen-bond donors (Lipinski definition) is 0. The molecule has 0 radical (unpaired) electrons. The van der Waals surface area contributed by atoms with Crippen LogP contribution >= 0.6 is 0 Å². The van der Waals surface area contributed by atoms with Crippen LogP contribution in [0.5, 0.6) is 11.5 Å². The molecule has 0 saturated carbocycles. The van der Waals surface area contributed by atoms with Crippen LogP contribution in [0.2, 0.25) is 0 Å². The minimum atomic E-state index is -3.20. The molecule has 11 aromatic rings. The molecular weight excluding hydrogens is 1380 g/mol. The summed E-state index contributed by atoms with van der Waals surface area (Å²) in [5.74, 6) is 1.79. The van der Waals surface area contributed by atoms with E-state index in [2.05, 4.69) is 291 Å². The van der Waals surface area contributed by atoms with E-state index in [1.807, 2.05) is 55.3 Å². The van der Waals surface area contributed by atoms with Gasteiger partial charge in [-0.25, -0.2) is 4.98 Å². The number of hydrogen-bond acceptors (Lipinski definition) is 5. The Morgan fingerprint density at radius 2 is 0.887 bits per heavy atom. The van der Waals surface area contributed by atoms with Crippen LogP contribution in [0.25, 0.3) is 44.5 Å². The number of benzene rings is 10. The average molecular weight is 1470 g/mol. The second-order valence-electron chi connectivity index (χ2n) is 32.8. The topological polar surface area (TPSA) is 31.8 Å². The molecule has 1 spiro atoms. The summed E-state index contributed by atoms with van der Waals surface area (Å²) in [4.78, 5) is 11.7. The normalized spacial score (nSPS) is 14.9. The first-order valence-electron chi connectivity index (χ1n) is 36.4. The summed E-state index contributed by atoms with van der Waals surface area (Å²) >= 11 is 0. The molecule has 0 aliphatic carbocycles. The summed E-state index contributed by atoms with van der Waals surface area (Å²) in [7, 11) is -3.20. The number of ether oxygens (including phenoxy) is 1. The van der Waals surface area contributed by atoms with Crippen molar-refractivity contribution in [3.63, 3.8) is 0 Å². The van der Waals surface area contributed by atoms with Gasteiger partial charge in [-0.15, -0.1) is 47.9 Å². The molecule has 0 N–H and O–H groups in total. The van der Waals surface area contributed by atoms with Gasteiger partial charge < -0.3 is 19.4 Å². The van der Waals surface area contributed by atoms with Crippen molar-refractivity contribution in [1.29, 1.82) is 0 Å². The molecule has 97 heavy (non-hydrogen) atoms. The van der Waals surface area contributed by atoms with Crippen molar-refractivity contribution < 1.29 is 32.7 Å². The maximum atomic E-state index is 9.54. The molecule has 14 rings (SSSR count). The first-order chi connectivity index (χ1) is 47.4. The molecule has 5 nitrogen and oxygen atoms in total. The van der Waals surface area contributed by atoms with Gasteiger partial charge in [0.15, 0.2) is 0 Å². The van der Waals surface area contributed by atoms with Crippen molar-refractivity contribution >= 4 is 68.8 Å². The number of anilines is 7. The molecule has 0 saturated heterocycles. The number of nitrogens with zero attached hydrogens (tertiary/aromatic N) is 4. The van der Waals surface area contributed by atoms with Gasteiger partial charge >= 0.3 is 0 Å². The quantitative estimate of drug-likeness (QED) is 0.112. The Labute approximate surface area is 601 Å². The summed E-state index contributed by atoms with van der Waals surface area (Å²) in [6, 6.07) is 72.1. The first-order valence-corrected chi connectivity index (χ1v) is 35.9. The second-order valence-corrected chi connectivity index (χ2v) is 36.4. The number of pyridine rings is 1. The third-order valence-corrected chi connectivity index (χ3v) is 24.7. The van der Waals surface area contributed by atoms with Crippen LogP contribution in [-0.2, 0) is 53.6 Å². The molecule has 3 aliphatic rings. The number of aromatic nitrogens is 1. The van der Waals surface area contributed by atoms with E-state index in [1.165, 1.54) is 59.7 Å². The molecular formula is C90H91N4OPtSi-3. The molecule has 1 aromatic heterocycles. The van der Waals surface area contributed by atoms with Gasteiger partial charge in [-0.2, -0.15) is 12.1 Å². The first kappa shape index (κ1) is 60.8. The van der Waals surface area contributed by atoms with Gasteiger partial charge in [0.25, 0.3) is 0 Å². The zero-order valence-electron chi connectivity index (χ0n) is 64.5. The van der Waals surface area contributed by atoms with Crippen molar-refractivity contribution in [2.75, 3.05) is 14.7 Å². The number of rotatable bonds is 8. The third-order valence-electron chi connectivity index (χ3n) is 19.8. The third kappa shape index (κ3) is 12.0. The fourth-order valence-electron chi connectivity index (χ4n) is 14.2. The van der Waals surface area contributed by atoms with Crippen molar-refractivity contribution in [2.24, 2.45) is 0 Å². The maximum absolute atomic E-state index is 9.54. The molecule has 10 aromatic carbocycles. The molecule has 0 amide bonds. The molecule has 3 aliphatic heterocycles. The zero-order chi connectivity index (χ0) is 72.2. The van der Waals surface area contributed by atoms with E-state index in [0.29, 0.717) is 28.4 Å². The van der Waals surface area contributed by atoms with E-state index in [4.69, 9.17) is 13.8 Å². The molecule has 0 atom stereocenters. The fraction of sp³-hybridized carbons (Fsp3) is 0.267. The Hall–Kier alpha value is -8.54. The van der Waals surface area contributed by atoms with Crippen molar-refractivity contribution in [3.8, 4) is 56.0 Å². The summed E-state index contributed by atoms with van der Waals surface area (Å²) < 4.78 is 53.0. The van der Waals surface area contributed by atoms with Crippen LogP contribution in [0, 0.1) is 18.8 Å². The molecule has 494 valence electrons. The van der Waals surface area contributed by atoms with Gasteiger partial charge in [-0.3, -0.25) is 0 Å². The van der Waals surface area contributed by atoms with Crippen LogP contribution in [0.1, 0.15) is 165 Å². The Bertz CT molecular complexity index is 5070. The van der Waals surface area contributed by atoms with Gasteiger partial charge in [-0.1, -0.05) is 276 Å². The summed E-state index contributed by atoms with van der Waals surface area (Å²) in [5.41, 5.74) is 18.5. The Balaban J connectivity index is 0.00000928. The Morgan fingerprint density at radius 1 is 0.392 bits per heavy atom. The Kier molecular flexibility index (Phi) is 15.2. The van der Waals surface area contributed by atoms with E-state index in [0.717, 1.165) is 56.4 Å². The molecule has 7 heteroatoms. The summed E-state index contributed by atoms with van der Waals surface area (Å²) in [6.45, 7) is 42.9. The van der Waals surface area contributed by atoms with E-state index in [1.54, 1.807) is 0 Å². The SMILES string of the molecule is [2H]c1c([2H])c([2H])c(-c2cccc(-c3cc(-c4cc(C(C)(C)C)cc(C(C)(C)C)c4)cc(C(C)(C)C)c3)c2N2[CH-]N(c3[c-]c(Oc4[c-]c5c(cc4)[Si]4(c6cc(C(C)(C)C)ccc6-c6ccc(C(C)(C)C)cc64)c4ccccc4N5c4cc(C(C)(C)C)ccn4)ccc3)c3ccccc32)c([2H])c1[2H].[Pt]. The minimum absolute atomic E-state index is 0. The Morgan fingerprint density at radius 3 is 1.47 bits per heavy atom. The zero-order valence-corrected chi connectivity index (χ0v) is 62.8. The maximum Gasteiger partial charge on any atom is 0.135 e. The van der Waals surface area contributed by atoms with Gasteiger partial charge in [0.2, 0.25) is 0 Å². The molecule has 0 unspecified atom stereocenters. The molecule has 0 bridgehead atoms. The van der Waals surface area contributed by atoms with Gasteiger partial charge in [0, 0.05) is 72.6 Å². The fourth-order valence-corrected chi connectivity index (χ4v) is 19.8. The van der Waals surface area contributed by atoms with Crippen molar-refractivity contribution in [2.45, 2.75) is 157 Å². The molecule has 0 fully saturated rings. The van der Waals surface area contributed by atoms with Crippen molar-refractivity contribution in [3.05, 3.63) is 271 Å². The molecule has 4 heterocycles. The summed E-state index contributed by atoms with van der Waals surface area (Å²) in [6.07, 6.45) is 1.94. The van der Waals surface area contributed by atoms with E-state index in [9.17, 15) is 2.74 Å². The monoisotopic (exact) mass is 1470 g/mol. The van der Waals surface area contributed by atoms with Gasteiger partial charge in [0.05, 0.1) is 6.85 Å². The van der Waals surface area contributed by atoms with E-state index < -0.39 is 26.2 Å². The predicted molar refractivity (Wildman–Crippen MR) is 409 cm³/mol. The average Bonchev–Trinajstić information content (AvgIpc) is 1.74. The largest absolute Gasteiger partial charge is 0.509 e. The van der Waals surface area contributed by atoms with E-state index >= 15 is 0 Å². The summed E-state index contributed by atoms with van der Waals surface area (Å²) in [5, 5.41) is 5.25. The standard InChI is InChI=1S/C90H91N4OSi.Pt/c1-85(2,3)62-38-41-73-74-42-39-63(86(4,5)6)53-82(74)96(81(73)52-62)79-37-25-24-36-77(79)94(83-54-64(44-45-91-83)87(7,8)9)78-56-70(40-43-80(78)96)95-69-31-26-30-68(55-69)92-57-93(76-35-23-22-34-75(76)92)84-71(58-28-20-19-21-29-58)32-27-33-72(84)61-46-59(47-65(50-61)88(10,11)12)60-48-66(89(13,14)15)51-67(49-60)90(16,17)18;/h19-54,57H,1-18H3;/q-3;/i19D,20D,21D,28D,29D;. The number of para-hydroxylation sites is 4. The number of fused-ring (bicyclic) bond motifs is 10. The van der Waals surface area contributed by atoms with Crippen LogP contribution in [0.15, 0.2) is 218 Å². The smallest absolute Gasteiger partial charge is 0.135 e. The van der Waals surface area contributed by atoms with Crippen LogP contribution < -0.4 is 40.2 Å². The van der Waals surface area contributed by atoms with Gasteiger partial charge in [-0.05, 0) is 151 Å². The van der Waals surface area contributed by atoms with Crippen molar-refractivity contribution in [1.82, 2.24) is 4.98 Å². The van der Waals surface area contributed by atoms with Gasteiger partial charge in [0.1, 0.15) is 13.9 Å². The van der Waals surface area contributed by atoms with Crippen LogP contribution in [0.3, 0.4) is 0 Å². The van der Waals surface area contributed by atoms with E-state index in [-0.39, 0.29) is 71.2 Å².